The normalized spacial score (nSPS) is 20.0. The van der Waals surface area contributed by atoms with Gasteiger partial charge in [-0.1, -0.05) is 36.4 Å². The van der Waals surface area contributed by atoms with Crippen LogP contribution in [0.4, 0.5) is 9.59 Å². The van der Waals surface area contributed by atoms with E-state index in [9.17, 15) is 9.59 Å². The third kappa shape index (κ3) is 4.50. The number of hydrogen-bond acceptors (Lipinski definition) is 4. The van der Waals surface area contributed by atoms with Crippen LogP contribution < -0.4 is 10.8 Å². The van der Waals surface area contributed by atoms with E-state index < -0.39 is 17.9 Å². The zero-order valence-corrected chi connectivity index (χ0v) is 11.2. The molecule has 1 aliphatic carbocycles. The van der Waals surface area contributed by atoms with Crippen LogP contribution in [0.1, 0.15) is 18.4 Å². The zero-order valence-electron chi connectivity index (χ0n) is 11.2. The summed E-state index contributed by atoms with van der Waals surface area (Å²) in [5.41, 5.74) is 1.70. The van der Waals surface area contributed by atoms with Crippen LogP contribution in [0.2, 0.25) is 0 Å². The van der Waals surface area contributed by atoms with Gasteiger partial charge in [0, 0.05) is 6.42 Å². The first kappa shape index (κ1) is 14.9. The smallest absolute Gasteiger partial charge is 0.431 e. The fourth-order valence-electron chi connectivity index (χ4n) is 1.94. The number of benzene rings is 1. The van der Waals surface area contributed by atoms with Crippen molar-refractivity contribution in [1.82, 2.24) is 10.8 Å². The van der Waals surface area contributed by atoms with E-state index in [2.05, 4.69) is 10.8 Å². The summed E-state index contributed by atoms with van der Waals surface area (Å²) in [7, 11) is 0. The predicted molar refractivity (Wildman–Crippen MR) is 73.1 cm³/mol. The molecule has 2 rings (SSSR count). The SMILES string of the molecule is O=C(O)NC1(ONC(=O)OCc2ccccc2)C=CCC1. The van der Waals surface area contributed by atoms with E-state index in [1.54, 1.807) is 12.2 Å². The Bertz CT molecular complexity index is 531. The summed E-state index contributed by atoms with van der Waals surface area (Å²) < 4.78 is 4.96. The summed E-state index contributed by atoms with van der Waals surface area (Å²) in [5, 5.41) is 11.0. The molecule has 2 amide bonds. The standard InChI is InChI=1S/C14H16N2O5/c17-12(18)15-14(8-4-5-9-14)21-16-13(19)20-10-11-6-2-1-3-7-11/h1-4,6-8,15H,5,9-10H2,(H,16,19)(H,17,18). The number of carbonyl (C=O) groups excluding carboxylic acids is 1. The molecule has 0 aliphatic heterocycles. The van der Waals surface area contributed by atoms with Gasteiger partial charge in [0.2, 0.25) is 0 Å². The highest BCUT2D eigenvalue weighted by Crippen LogP contribution is 2.23. The summed E-state index contributed by atoms with van der Waals surface area (Å²) in [6, 6.07) is 9.17. The Kier molecular flexibility index (Phi) is 4.78. The van der Waals surface area contributed by atoms with E-state index in [-0.39, 0.29) is 6.61 Å². The molecule has 0 saturated heterocycles. The van der Waals surface area contributed by atoms with Gasteiger partial charge >= 0.3 is 12.2 Å². The van der Waals surface area contributed by atoms with Gasteiger partial charge in [-0.2, -0.15) is 5.48 Å². The molecule has 21 heavy (non-hydrogen) atoms. The summed E-state index contributed by atoms with van der Waals surface area (Å²) in [6.45, 7) is 0.102. The quantitative estimate of drug-likeness (QED) is 0.439. The molecule has 7 heteroatoms. The maximum absolute atomic E-state index is 11.5. The van der Waals surface area contributed by atoms with Crippen LogP contribution >= 0.6 is 0 Å². The molecule has 7 nitrogen and oxygen atoms in total. The Morgan fingerprint density at radius 1 is 1.29 bits per heavy atom. The van der Waals surface area contributed by atoms with Gasteiger partial charge in [0.1, 0.15) is 6.61 Å². The monoisotopic (exact) mass is 292 g/mol. The van der Waals surface area contributed by atoms with Crippen LogP contribution in [0, 0.1) is 0 Å². The number of hydrogen-bond donors (Lipinski definition) is 3. The molecule has 0 radical (unpaired) electrons. The van der Waals surface area contributed by atoms with E-state index >= 15 is 0 Å². The van der Waals surface area contributed by atoms with Crippen molar-refractivity contribution in [3.05, 3.63) is 48.0 Å². The van der Waals surface area contributed by atoms with Crippen molar-refractivity contribution < 1.29 is 24.3 Å². The molecule has 1 aromatic carbocycles. The van der Waals surface area contributed by atoms with Gasteiger partial charge in [-0.05, 0) is 18.1 Å². The van der Waals surface area contributed by atoms with E-state index in [4.69, 9.17) is 14.7 Å². The van der Waals surface area contributed by atoms with Gasteiger partial charge in [-0.25, -0.2) is 14.4 Å². The first-order chi connectivity index (χ1) is 10.1. The second-order valence-corrected chi connectivity index (χ2v) is 4.53. The van der Waals surface area contributed by atoms with E-state index in [0.717, 1.165) is 5.56 Å². The molecule has 0 fully saturated rings. The lowest BCUT2D eigenvalue weighted by atomic mass is 10.2. The van der Waals surface area contributed by atoms with Crippen LogP contribution in [0.15, 0.2) is 42.5 Å². The van der Waals surface area contributed by atoms with Gasteiger partial charge in [0.05, 0.1) is 0 Å². The van der Waals surface area contributed by atoms with E-state index in [1.165, 1.54) is 0 Å². The number of amides is 2. The molecule has 0 heterocycles. The van der Waals surface area contributed by atoms with Crippen molar-refractivity contribution in [3.63, 3.8) is 0 Å². The summed E-state index contributed by atoms with van der Waals surface area (Å²) in [6.07, 6.45) is 2.36. The molecule has 112 valence electrons. The minimum Gasteiger partial charge on any atom is -0.465 e. The Labute approximate surface area is 121 Å². The lowest BCUT2D eigenvalue weighted by Crippen LogP contribution is -2.51. The molecule has 0 spiro atoms. The molecular weight excluding hydrogens is 276 g/mol. The number of nitrogens with one attached hydrogen (secondary N) is 2. The Morgan fingerprint density at radius 3 is 2.67 bits per heavy atom. The first-order valence-corrected chi connectivity index (χ1v) is 6.43. The summed E-state index contributed by atoms with van der Waals surface area (Å²) in [4.78, 5) is 27.4. The average molecular weight is 292 g/mol. The molecule has 0 bridgehead atoms. The van der Waals surface area contributed by atoms with Crippen LogP contribution in [-0.2, 0) is 16.2 Å². The van der Waals surface area contributed by atoms with Crippen LogP contribution in [0.5, 0.6) is 0 Å². The molecule has 1 aliphatic rings. The Hall–Kier alpha value is -2.54. The lowest BCUT2D eigenvalue weighted by molar-refractivity contribution is -0.0847. The molecule has 0 saturated carbocycles. The molecule has 3 N–H and O–H groups in total. The van der Waals surface area contributed by atoms with Crippen molar-refractivity contribution in [2.45, 2.75) is 25.2 Å². The van der Waals surface area contributed by atoms with Crippen molar-refractivity contribution in [3.8, 4) is 0 Å². The second-order valence-electron chi connectivity index (χ2n) is 4.53. The van der Waals surface area contributed by atoms with Crippen molar-refractivity contribution in [2.24, 2.45) is 0 Å². The average Bonchev–Trinajstić information content (AvgIpc) is 2.92. The fourth-order valence-corrected chi connectivity index (χ4v) is 1.94. The predicted octanol–water partition coefficient (Wildman–Crippen LogP) is 2.16. The second kappa shape index (κ2) is 6.76. The van der Waals surface area contributed by atoms with Crippen molar-refractivity contribution >= 4 is 12.2 Å². The number of hydroxylamine groups is 1. The first-order valence-electron chi connectivity index (χ1n) is 6.43. The number of allylic oxidation sites excluding steroid dienone is 1. The van der Waals surface area contributed by atoms with Gasteiger partial charge in [-0.3, -0.25) is 5.32 Å². The highest BCUT2D eigenvalue weighted by atomic mass is 16.7. The third-order valence-electron chi connectivity index (χ3n) is 2.92. The molecular formula is C14H16N2O5. The highest BCUT2D eigenvalue weighted by molar-refractivity contribution is 5.67. The van der Waals surface area contributed by atoms with Gasteiger partial charge in [-0.15, -0.1) is 0 Å². The number of ether oxygens (including phenoxy) is 1. The van der Waals surface area contributed by atoms with Gasteiger partial charge in [0.15, 0.2) is 5.72 Å². The Balaban J connectivity index is 1.80. The maximum Gasteiger partial charge on any atom is 0.431 e. The van der Waals surface area contributed by atoms with Crippen molar-refractivity contribution in [2.75, 3.05) is 0 Å². The van der Waals surface area contributed by atoms with Crippen LogP contribution in [0.3, 0.4) is 0 Å². The molecule has 1 unspecified atom stereocenters. The highest BCUT2D eigenvalue weighted by Gasteiger charge is 2.34. The molecule has 0 aromatic heterocycles. The van der Waals surface area contributed by atoms with E-state index in [0.29, 0.717) is 12.8 Å². The Morgan fingerprint density at radius 2 is 2.05 bits per heavy atom. The third-order valence-corrected chi connectivity index (χ3v) is 2.92. The number of rotatable bonds is 5. The molecule has 1 atom stereocenters. The van der Waals surface area contributed by atoms with Crippen LogP contribution in [-0.4, -0.2) is 23.0 Å². The largest absolute Gasteiger partial charge is 0.465 e. The topological polar surface area (TPSA) is 96.9 Å². The minimum atomic E-state index is -1.24. The van der Waals surface area contributed by atoms with E-state index in [1.807, 2.05) is 30.3 Å². The van der Waals surface area contributed by atoms with Crippen LogP contribution in [0.25, 0.3) is 0 Å². The van der Waals surface area contributed by atoms with Crippen molar-refractivity contribution in [1.29, 1.82) is 0 Å². The summed E-state index contributed by atoms with van der Waals surface area (Å²) >= 11 is 0. The van der Waals surface area contributed by atoms with Gasteiger partial charge < -0.3 is 9.84 Å². The maximum atomic E-state index is 11.5. The minimum absolute atomic E-state index is 0.102. The lowest BCUT2D eigenvalue weighted by Gasteiger charge is -2.26. The summed E-state index contributed by atoms with van der Waals surface area (Å²) in [5.74, 6) is 0. The molecule has 1 aromatic rings. The fraction of sp³-hybridized carbons (Fsp3) is 0.286. The number of carbonyl (C=O) groups is 2. The number of carboxylic acid groups (broad SMARTS) is 1. The zero-order chi connectivity index (χ0) is 15.1. The van der Waals surface area contributed by atoms with Gasteiger partial charge in [0.25, 0.3) is 0 Å².